The van der Waals surface area contributed by atoms with Gasteiger partial charge in [0.25, 0.3) is 0 Å². The van der Waals surface area contributed by atoms with Gasteiger partial charge in [-0.15, -0.1) is 6.58 Å². The van der Waals surface area contributed by atoms with E-state index >= 15 is 0 Å². The van der Waals surface area contributed by atoms with Gasteiger partial charge in [0.05, 0.1) is 11.7 Å². The molecule has 0 aromatic heterocycles. The molecule has 1 rings (SSSR count). The van der Waals surface area contributed by atoms with Crippen molar-refractivity contribution >= 4 is 11.8 Å². The molecule has 1 atom stereocenters. The van der Waals surface area contributed by atoms with Gasteiger partial charge >= 0.3 is 0 Å². The zero-order chi connectivity index (χ0) is 11.1. The van der Waals surface area contributed by atoms with Crippen molar-refractivity contribution in [2.75, 3.05) is 24.6 Å². The molecule has 88 valence electrons. The summed E-state index contributed by atoms with van der Waals surface area (Å²) in [6.45, 7) is 10.1. The zero-order valence-electron chi connectivity index (χ0n) is 9.92. The van der Waals surface area contributed by atoms with Gasteiger partial charge in [-0.2, -0.15) is 11.8 Å². The number of rotatable bonds is 7. The van der Waals surface area contributed by atoms with Crippen molar-refractivity contribution in [2.45, 2.75) is 38.4 Å². The first kappa shape index (κ1) is 13.1. The Hall–Kier alpha value is 0.01000. The van der Waals surface area contributed by atoms with E-state index < -0.39 is 0 Å². The van der Waals surface area contributed by atoms with E-state index in [0.29, 0.717) is 6.10 Å². The summed E-state index contributed by atoms with van der Waals surface area (Å²) in [5.41, 5.74) is 0.101. The Morgan fingerprint density at radius 3 is 3.00 bits per heavy atom. The first-order valence-electron chi connectivity index (χ1n) is 5.71. The van der Waals surface area contributed by atoms with E-state index in [9.17, 15) is 0 Å². The van der Waals surface area contributed by atoms with Crippen molar-refractivity contribution in [1.29, 1.82) is 0 Å². The van der Waals surface area contributed by atoms with Crippen molar-refractivity contribution in [2.24, 2.45) is 0 Å². The molecule has 15 heavy (non-hydrogen) atoms. The van der Waals surface area contributed by atoms with Crippen LogP contribution >= 0.6 is 11.8 Å². The van der Waals surface area contributed by atoms with Crippen molar-refractivity contribution < 1.29 is 4.74 Å². The summed E-state index contributed by atoms with van der Waals surface area (Å²) in [4.78, 5) is 0. The SMILES string of the molecule is C=CCSCCNCC1CCC(C)(C)O1. The minimum atomic E-state index is 0.101. The molecule has 1 N–H and O–H groups in total. The van der Waals surface area contributed by atoms with Gasteiger partial charge in [0.15, 0.2) is 0 Å². The van der Waals surface area contributed by atoms with Gasteiger partial charge < -0.3 is 10.1 Å². The molecule has 0 aliphatic carbocycles. The third-order valence-corrected chi connectivity index (χ3v) is 3.55. The minimum Gasteiger partial charge on any atom is -0.371 e. The highest BCUT2D eigenvalue weighted by Gasteiger charge is 2.30. The van der Waals surface area contributed by atoms with E-state index in [1.807, 2.05) is 17.8 Å². The van der Waals surface area contributed by atoms with Crippen molar-refractivity contribution in [3.63, 3.8) is 0 Å². The van der Waals surface area contributed by atoms with Crippen molar-refractivity contribution in [1.82, 2.24) is 5.32 Å². The molecule has 1 heterocycles. The number of thioether (sulfide) groups is 1. The van der Waals surface area contributed by atoms with Gasteiger partial charge in [0.1, 0.15) is 0 Å². The molecule has 0 aromatic rings. The molecule has 1 fully saturated rings. The highest BCUT2D eigenvalue weighted by atomic mass is 32.2. The summed E-state index contributed by atoms with van der Waals surface area (Å²) in [5, 5.41) is 3.44. The number of hydrogen-bond donors (Lipinski definition) is 1. The number of ether oxygens (including phenoxy) is 1. The second-order valence-electron chi connectivity index (χ2n) is 4.61. The molecule has 1 unspecified atom stereocenters. The lowest BCUT2D eigenvalue weighted by Gasteiger charge is -2.19. The highest BCUT2D eigenvalue weighted by molar-refractivity contribution is 7.99. The van der Waals surface area contributed by atoms with Gasteiger partial charge in [0.2, 0.25) is 0 Å². The molecule has 0 radical (unpaired) electrons. The van der Waals surface area contributed by atoms with Crippen molar-refractivity contribution in [3.05, 3.63) is 12.7 Å². The van der Waals surface area contributed by atoms with E-state index in [1.54, 1.807) is 0 Å². The van der Waals surface area contributed by atoms with Crippen LogP contribution in [0, 0.1) is 0 Å². The minimum absolute atomic E-state index is 0.101. The summed E-state index contributed by atoms with van der Waals surface area (Å²) in [7, 11) is 0. The maximum atomic E-state index is 5.89. The van der Waals surface area contributed by atoms with Gasteiger partial charge in [-0.3, -0.25) is 0 Å². The lowest BCUT2D eigenvalue weighted by molar-refractivity contribution is -0.0139. The van der Waals surface area contributed by atoms with E-state index in [4.69, 9.17) is 4.74 Å². The van der Waals surface area contributed by atoms with E-state index in [-0.39, 0.29) is 5.60 Å². The van der Waals surface area contributed by atoms with E-state index in [2.05, 4.69) is 25.7 Å². The molecule has 3 heteroatoms. The van der Waals surface area contributed by atoms with Crippen LogP contribution < -0.4 is 5.32 Å². The Balaban J connectivity index is 1.95. The Bertz CT molecular complexity index is 194. The maximum Gasteiger partial charge on any atom is 0.0707 e. The molecule has 2 nitrogen and oxygen atoms in total. The molecule has 0 spiro atoms. The normalized spacial score (nSPS) is 24.3. The zero-order valence-corrected chi connectivity index (χ0v) is 10.7. The third kappa shape index (κ3) is 5.59. The van der Waals surface area contributed by atoms with Crippen LogP contribution in [-0.2, 0) is 4.74 Å². The monoisotopic (exact) mass is 229 g/mol. The molecular formula is C12H23NOS. The standard InChI is InChI=1S/C12H23NOS/c1-4-8-15-9-7-13-10-11-5-6-12(2,3)14-11/h4,11,13H,1,5-10H2,2-3H3. The van der Waals surface area contributed by atoms with Gasteiger partial charge in [-0.05, 0) is 26.7 Å². The average molecular weight is 229 g/mol. The second-order valence-corrected chi connectivity index (χ2v) is 5.76. The maximum absolute atomic E-state index is 5.89. The summed E-state index contributed by atoms with van der Waals surface area (Å²) in [5.74, 6) is 2.21. The van der Waals surface area contributed by atoms with Crippen molar-refractivity contribution in [3.8, 4) is 0 Å². The van der Waals surface area contributed by atoms with Gasteiger partial charge in [-0.1, -0.05) is 6.08 Å². The summed E-state index contributed by atoms with van der Waals surface area (Å²) in [6, 6.07) is 0. The first-order chi connectivity index (χ1) is 7.14. The Labute approximate surface area is 97.8 Å². The van der Waals surface area contributed by atoms with Crippen LogP contribution in [-0.4, -0.2) is 36.3 Å². The van der Waals surface area contributed by atoms with Crippen LogP contribution in [0.1, 0.15) is 26.7 Å². The van der Waals surface area contributed by atoms with E-state index in [0.717, 1.165) is 24.6 Å². The first-order valence-corrected chi connectivity index (χ1v) is 6.87. The van der Waals surface area contributed by atoms with Gasteiger partial charge in [-0.25, -0.2) is 0 Å². The Kier molecular flexibility index (Phi) is 5.72. The molecule has 1 saturated heterocycles. The topological polar surface area (TPSA) is 21.3 Å². The Morgan fingerprint density at radius 1 is 1.60 bits per heavy atom. The second kappa shape index (κ2) is 6.56. The lowest BCUT2D eigenvalue weighted by Crippen LogP contribution is -2.30. The molecule has 0 aromatic carbocycles. The van der Waals surface area contributed by atoms with E-state index in [1.165, 1.54) is 12.8 Å². The fourth-order valence-electron chi connectivity index (χ4n) is 1.80. The quantitative estimate of drug-likeness (QED) is 0.535. The highest BCUT2D eigenvalue weighted by Crippen LogP contribution is 2.28. The fourth-order valence-corrected chi connectivity index (χ4v) is 2.42. The van der Waals surface area contributed by atoms with Crippen LogP contribution in [0.25, 0.3) is 0 Å². The predicted octanol–water partition coefficient (Wildman–Crippen LogP) is 2.45. The molecule has 0 bridgehead atoms. The molecule has 1 aliphatic heterocycles. The fraction of sp³-hybridized carbons (Fsp3) is 0.833. The molecular weight excluding hydrogens is 206 g/mol. The number of hydrogen-bond acceptors (Lipinski definition) is 3. The smallest absolute Gasteiger partial charge is 0.0707 e. The molecule has 1 aliphatic rings. The summed E-state index contributed by atoms with van der Waals surface area (Å²) in [6.07, 6.45) is 4.75. The van der Waals surface area contributed by atoms with Crippen LogP contribution in [0.4, 0.5) is 0 Å². The molecule has 0 saturated carbocycles. The van der Waals surface area contributed by atoms with Crippen LogP contribution in [0.2, 0.25) is 0 Å². The summed E-state index contributed by atoms with van der Waals surface area (Å²) >= 11 is 1.91. The predicted molar refractivity (Wildman–Crippen MR) is 68.6 cm³/mol. The largest absolute Gasteiger partial charge is 0.371 e. The molecule has 0 amide bonds. The van der Waals surface area contributed by atoms with Crippen LogP contribution in [0.3, 0.4) is 0 Å². The lowest BCUT2D eigenvalue weighted by atomic mass is 10.1. The summed E-state index contributed by atoms with van der Waals surface area (Å²) < 4.78 is 5.89. The number of nitrogens with one attached hydrogen (secondary N) is 1. The average Bonchev–Trinajstić information content (AvgIpc) is 2.52. The van der Waals surface area contributed by atoms with Crippen LogP contribution in [0.15, 0.2) is 12.7 Å². The third-order valence-electron chi connectivity index (χ3n) is 2.58. The van der Waals surface area contributed by atoms with Gasteiger partial charge in [0, 0.05) is 24.6 Å². The van der Waals surface area contributed by atoms with Crippen LogP contribution in [0.5, 0.6) is 0 Å². The Morgan fingerprint density at radius 2 is 2.40 bits per heavy atom.